The maximum atomic E-state index is 11.5. The van der Waals surface area contributed by atoms with E-state index in [9.17, 15) is 9.90 Å². The van der Waals surface area contributed by atoms with Gasteiger partial charge in [-0.05, 0) is 31.5 Å². The highest BCUT2D eigenvalue weighted by molar-refractivity contribution is 9.10. The van der Waals surface area contributed by atoms with Crippen LogP contribution in [0.3, 0.4) is 0 Å². The van der Waals surface area contributed by atoms with Crippen molar-refractivity contribution in [3.63, 3.8) is 0 Å². The summed E-state index contributed by atoms with van der Waals surface area (Å²) in [5, 5.41) is 12.3. The molecule has 1 unspecified atom stereocenters. The summed E-state index contributed by atoms with van der Waals surface area (Å²) in [6.45, 7) is 4.57. The minimum Gasteiger partial charge on any atom is -0.389 e. The molecule has 0 aliphatic rings. The van der Waals surface area contributed by atoms with Gasteiger partial charge in [0.2, 0.25) is 5.91 Å². The van der Waals surface area contributed by atoms with E-state index in [1.54, 1.807) is 6.92 Å². The molecule has 0 heterocycles. The van der Waals surface area contributed by atoms with Crippen LogP contribution < -0.4 is 10.2 Å². The van der Waals surface area contributed by atoms with E-state index in [4.69, 9.17) is 0 Å². The van der Waals surface area contributed by atoms with Crippen molar-refractivity contribution in [1.29, 1.82) is 0 Å². The summed E-state index contributed by atoms with van der Waals surface area (Å²) in [6.07, 6.45) is -0.512. The van der Waals surface area contributed by atoms with Crippen molar-refractivity contribution < 1.29 is 9.90 Å². The number of hydrogen-bond acceptors (Lipinski definition) is 3. The van der Waals surface area contributed by atoms with Gasteiger partial charge in [0.1, 0.15) is 0 Å². The van der Waals surface area contributed by atoms with Crippen LogP contribution in [0.25, 0.3) is 0 Å². The van der Waals surface area contributed by atoms with Crippen LogP contribution >= 0.6 is 15.9 Å². The number of anilines is 1. The second kappa shape index (κ2) is 6.75. The van der Waals surface area contributed by atoms with Crippen LogP contribution in [0.2, 0.25) is 0 Å². The van der Waals surface area contributed by atoms with Gasteiger partial charge in [-0.15, -0.1) is 0 Å². The Morgan fingerprint density at radius 1 is 1.56 bits per heavy atom. The molecule has 0 spiro atoms. The zero-order valence-electron chi connectivity index (χ0n) is 10.9. The molecule has 2 N–H and O–H groups in total. The first-order chi connectivity index (χ1) is 8.45. The molecule has 0 bridgehead atoms. The zero-order valence-corrected chi connectivity index (χ0v) is 12.5. The summed E-state index contributed by atoms with van der Waals surface area (Å²) in [5.74, 6) is -0.00396. The van der Waals surface area contributed by atoms with Crippen LogP contribution in [0.4, 0.5) is 5.69 Å². The minimum atomic E-state index is -0.512. The first kappa shape index (κ1) is 15.0. The predicted molar refractivity (Wildman–Crippen MR) is 76.7 cm³/mol. The highest BCUT2D eigenvalue weighted by atomic mass is 79.9. The quantitative estimate of drug-likeness (QED) is 0.875. The van der Waals surface area contributed by atoms with Crippen LogP contribution in [-0.4, -0.2) is 31.2 Å². The number of benzene rings is 1. The summed E-state index contributed by atoms with van der Waals surface area (Å²) >= 11 is 3.43. The molecular weight excluding hydrogens is 296 g/mol. The topological polar surface area (TPSA) is 52.6 Å². The van der Waals surface area contributed by atoms with Gasteiger partial charge in [0.05, 0.1) is 12.6 Å². The van der Waals surface area contributed by atoms with E-state index in [2.05, 4.69) is 21.2 Å². The first-order valence-electron chi connectivity index (χ1n) is 5.91. The first-order valence-corrected chi connectivity index (χ1v) is 6.70. The Hall–Kier alpha value is -1.07. The molecule has 1 amide bonds. The SMILES string of the molecule is CCNC(=O)CN(C)c1ccc(C(C)O)c(Br)c1. The Morgan fingerprint density at radius 2 is 2.22 bits per heavy atom. The van der Waals surface area contributed by atoms with Gasteiger partial charge in [-0.25, -0.2) is 0 Å². The summed E-state index contributed by atoms with van der Waals surface area (Å²) in [4.78, 5) is 13.3. The third kappa shape index (κ3) is 3.99. The van der Waals surface area contributed by atoms with Crippen molar-refractivity contribution in [2.45, 2.75) is 20.0 Å². The van der Waals surface area contributed by atoms with E-state index in [-0.39, 0.29) is 5.91 Å². The summed E-state index contributed by atoms with van der Waals surface area (Å²) in [6, 6.07) is 5.66. The second-order valence-corrected chi connectivity index (χ2v) is 5.05. The van der Waals surface area contributed by atoms with Gasteiger partial charge in [-0.2, -0.15) is 0 Å². The maximum absolute atomic E-state index is 11.5. The average molecular weight is 315 g/mol. The van der Waals surface area contributed by atoms with Gasteiger partial charge in [-0.1, -0.05) is 22.0 Å². The molecule has 1 rings (SSSR count). The maximum Gasteiger partial charge on any atom is 0.239 e. The number of nitrogens with zero attached hydrogens (tertiary/aromatic N) is 1. The molecule has 1 aromatic rings. The summed E-state index contributed by atoms with van der Waals surface area (Å²) in [5.41, 5.74) is 1.77. The van der Waals surface area contributed by atoms with Crippen LogP contribution in [0.15, 0.2) is 22.7 Å². The monoisotopic (exact) mass is 314 g/mol. The molecule has 0 saturated carbocycles. The molecule has 5 heteroatoms. The predicted octanol–water partition coefficient (Wildman–Crippen LogP) is 2.07. The molecule has 1 atom stereocenters. The third-order valence-corrected chi connectivity index (χ3v) is 3.32. The van der Waals surface area contributed by atoms with E-state index in [1.807, 2.05) is 37.1 Å². The smallest absolute Gasteiger partial charge is 0.239 e. The van der Waals surface area contributed by atoms with Crippen LogP contribution in [-0.2, 0) is 4.79 Å². The highest BCUT2D eigenvalue weighted by Crippen LogP contribution is 2.27. The Bertz CT molecular complexity index is 421. The standard InChI is InChI=1S/C13H19BrN2O2/c1-4-15-13(18)8-16(3)10-5-6-11(9(2)17)12(14)7-10/h5-7,9,17H,4,8H2,1-3H3,(H,15,18). The number of rotatable bonds is 5. The summed E-state index contributed by atoms with van der Waals surface area (Å²) < 4.78 is 0.845. The van der Waals surface area contributed by atoms with E-state index in [0.29, 0.717) is 13.1 Å². The zero-order chi connectivity index (χ0) is 13.7. The van der Waals surface area contributed by atoms with E-state index in [1.165, 1.54) is 0 Å². The Labute approximate surface area is 116 Å². The molecule has 1 aromatic carbocycles. The Morgan fingerprint density at radius 3 is 2.72 bits per heavy atom. The Kier molecular flexibility index (Phi) is 5.62. The minimum absolute atomic E-state index is 0.00396. The number of carbonyl (C=O) groups excluding carboxylic acids is 1. The van der Waals surface area contributed by atoms with Crippen LogP contribution in [0.5, 0.6) is 0 Å². The average Bonchev–Trinajstić information content (AvgIpc) is 2.28. The molecule has 0 radical (unpaired) electrons. The molecule has 0 saturated heterocycles. The number of amides is 1. The Balaban J connectivity index is 2.78. The van der Waals surface area contributed by atoms with E-state index >= 15 is 0 Å². The number of aliphatic hydroxyl groups excluding tert-OH is 1. The molecule has 100 valence electrons. The number of hydrogen-bond donors (Lipinski definition) is 2. The van der Waals surface area contributed by atoms with Gasteiger partial charge in [-0.3, -0.25) is 4.79 Å². The van der Waals surface area contributed by atoms with Gasteiger partial charge >= 0.3 is 0 Å². The van der Waals surface area contributed by atoms with Gasteiger partial charge < -0.3 is 15.3 Å². The molecular formula is C13H19BrN2O2. The van der Waals surface area contributed by atoms with Gasteiger partial charge in [0.15, 0.2) is 0 Å². The van der Waals surface area contributed by atoms with Crippen LogP contribution in [0, 0.1) is 0 Å². The van der Waals surface area contributed by atoms with Gasteiger partial charge in [0, 0.05) is 23.8 Å². The lowest BCUT2D eigenvalue weighted by Crippen LogP contribution is -2.34. The van der Waals surface area contributed by atoms with Crippen molar-refractivity contribution in [2.24, 2.45) is 0 Å². The van der Waals surface area contributed by atoms with E-state index < -0.39 is 6.10 Å². The molecule has 0 aromatic heterocycles. The number of halogens is 1. The molecule has 4 nitrogen and oxygen atoms in total. The van der Waals surface area contributed by atoms with Crippen molar-refractivity contribution in [3.8, 4) is 0 Å². The van der Waals surface area contributed by atoms with Crippen molar-refractivity contribution >= 4 is 27.5 Å². The van der Waals surface area contributed by atoms with E-state index in [0.717, 1.165) is 15.7 Å². The normalized spacial score (nSPS) is 12.1. The lowest BCUT2D eigenvalue weighted by molar-refractivity contribution is -0.119. The highest BCUT2D eigenvalue weighted by Gasteiger charge is 2.10. The summed E-state index contributed by atoms with van der Waals surface area (Å²) in [7, 11) is 1.86. The van der Waals surface area contributed by atoms with Crippen molar-refractivity contribution in [3.05, 3.63) is 28.2 Å². The second-order valence-electron chi connectivity index (χ2n) is 4.19. The lowest BCUT2D eigenvalue weighted by atomic mass is 10.1. The van der Waals surface area contributed by atoms with Gasteiger partial charge in [0.25, 0.3) is 0 Å². The molecule has 0 fully saturated rings. The lowest BCUT2D eigenvalue weighted by Gasteiger charge is -2.20. The number of likely N-dealkylation sites (N-methyl/N-ethyl adjacent to an activating group) is 2. The van der Waals surface area contributed by atoms with Crippen LogP contribution in [0.1, 0.15) is 25.5 Å². The van der Waals surface area contributed by atoms with Crippen molar-refractivity contribution in [1.82, 2.24) is 5.32 Å². The number of carbonyl (C=O) groups is 1. The molecule has 0 aliphatic carbocycles. The fourth-order valence-corrected chi connectivity index (χ4v) is 2.35. The fourth-order valence-electron chi connectivity index (χ4n) is 1.65. The molecule has 18 heavy (non-hydrogen) atoms. The number of nitrogens with one attached hydrogen (secondary N) is 1. The molecule has 0 aliphatic heterocycles. The van der Waals surface area contributed by atoms with Crippen molar-refractivity contribution in [2.75, 3.05) is 25.0 Å². The number of aliphatic hydroxyl groups is 1. The fraction of sp³-hybridized carbons (Fsp3) is 0.462. The largest absolute Gasteiger partial charge is 0.389 e. The third-order valence-electron chi connectivity index (χ3n) is 2.63.